The van der Waals surface area contributed by atoms with E-state index in [2.05, 4.69) is 5.32 Å². The third kappa shape index (κ3) is 5.04. The number of hydrogen-bond acceptors (Lipinski definition) is 3. The Bertz CT molecular complexity index is 409. The van der Waals surface area contributed by atoms with E-state index in [-0.39, 0.29) is 19.1 Å². The van der Waals surface area contributed by atoms with Gasteiger partial charge >= 0.3 is 5.97 Å². The van der Waals surface area contributed by atoms with Crippen LogP contribution < -0.4 is 5.32 Å². The van der Waals surface area contributed by atoms with Crippen LogP contribution in [0.2, 0.25) is 5.02 Å². The van der Waals surface area contributed by atoms with Crippen LogP contribution in [-0.4, -0.2) is 35.4 Å². The van der Waals surface area contributed by atoms with Gasteiger partial charge in [-0.1, -0.05) is 23.7 Å². The van der Waals surface area contributed by atoms with Crippen LogP contribution in [0.25, 0.3) is 0 Å². The first-order valence-corrected chi connectivity index (χ1v) is 6.21. The van der Waals surface area contributed by atoms with E-state index < -0.39 is 5.97 Å². The maximum atomic E-state index is 10.8. The van der Waals surface area contributed by atoms with E-state index in [9.17, 15) is 4.79 Å². The molecule has 0 fully saturated rings. The van der Waals surface area contributed by atoms with Crippen LogP contribution in [0.4, 0.5) is 0 Å². The summed E-state index contributed by atoms with van der Waals surface area (Å²) < 4.78 is 0. The van der Waals surface area contributed by atoms with E-state index in [1.807, 2.05) is 25.1 Å². The molecule has 5 heteroatoms. The highest BCUT2D eigenvalue weighted by molar-refractivity contribution is 6.31. The maximum Gasteiger partial charge on any atom is 0.304 e. The van der Waals surface area contributed by atoms with E-state index in [0.29, 0.717) is 18.0 Å². The number of aryl methyl sites for hydroxylation is 1. The van der Waals surface area contributed by atoms with E-state index in [4.69, 9.17) is 21.8 Å². The van der Waals surface area contributed by atoms with Gasteiger partial charge in [-0.25, -0.2) is 0 Å². The maximum absolute atomic E-state index is 10.8. The monoisotopic (exact) mass is 271 g/mol. The summed E-state index contributed by atoms with van der Waals surface area (Å²) in [5.74, 6) is -0.851. The molecule has 0 aliphatic heterocycles. The summed E-state index contributed by atoms with van der Waals surface area (Å²) >= 11 is 5.94. The highest BCUT2D eigenvalue weighted by Gasteiger charge is 2.13. The zero-order chi connectivity index (χ0) is 13.5. The minimum atomic E-state index is -0.851. The fraction of sp³-hybridized carbons (Fsp3) is 0.462. The summed E-state index contributed by atoms with van der Waals surface area (Å²) in [6.45, 7) is 2.31. The Morgan fingerprint density at radius 1 is 1.50 bits per heavy atom. The van der Waals surface area contributed by atoms with Gasteiger partial charge < -0.3 is 15.5 Å². The number of carboxylic acids is 1. The van der Waals surface area contributed by atoms with Gasteiger partial charge in [0, 0.05) is 17.6 Å². The highest BCUT2D eigenvalue weighted by atomic mass is 35.5. The van der Waals surface area contributed by atoms with Crippen molar-refractivity contribution in [2.24, 2.45) is 0 Å². The molecule has 4 nitrogen and oxygen atoms in total. The molecule has 0 bridgehead atoms. The summed E-state index contributed by atoms with van der Waals surface area (Å²) in [4.78, 5) is 10.8. The Morgan fingerprint density at radius 3 is 2.78 bits per heavy atom. The molecule has 0 aliphatic carbocycles. The van der Waals surface area contributed by atoms with Crippen LogP contribution in [0, 0.1) is 6.92 Å². The number of nitrogens with one attached hydrogen (secondary N) is 1. The molecule has 1 atom stereocenters. The van der Waals surface area contributed by atoms with Crippen molar-refractivity contribution < 1.29 is 15.0 Å². The van der Waals surface area contributed by atoms with Gasteiger partial charge in [0.25, 0.3) is 0 Å². The van der Waals surface area contributed by atoms with E-state index in [1.54, 1.807) is 0 Å². The van der Waals surface area contributed by atoms with E-state index in [1.165, 1.54) is 0 Å². The lowest BCUT2D eigenvalue weighted by molar-refractivity contribution is -0.137. The average molecular weight is 272 g/mol. The van der Waals surface area contributed by atoms with Crippen LogP contribution in [0.1, 0.15) is 17.5 Å². The number of benzene rings is 1. The second-order valence-electron chi connectivity index (χ2n) is 4.26. The predicted molar refractivity (Wildman–Crippen MR) is 71.0 cm³/mol. The number of hydrogen-bond donors (Lipinski definition) is 3. The molecule has 0 saturated heterocycles. The molecule has 0 radical (unpaired) electrons. The SMILES string of the molecule is Cc1cc(CC(CC(=O)O)NCCO)ccc1Cl. The highest BCUT2D eigenvalue weighted by Crippen LogP contribution is 2.17. The molecular formula is C13H18ClNO3. The summed E-state index contributed by atoms with van der Waals surface area (Å²) in [5, 5.41) is 21.3. The summed E-state index contributed by atoms with van der Waals surface area (Å²) in [6, 6.07) is 5.48. The summed E-state index contributed by atoms with van der Waals surface area (Å²) in [6.07, 6.45) is 0.631. The first-order valence-electron chi connectivity index (χ1n) is 5.84. The van der Waals surface area contributed by atoms with Gasteiger partial charge in [-0.2, -0.15) is 0 Å². The summed E-state index contributed by atoms with van der Waals surface area (Å²) in [5.41, 5.74) is 2.01. The van der Waals surface area contributed by atoms with Gasteiger partial charge in [0.05, 0.1) is 13.0 Å². The predicted octanol–water partition coefficient (Wildman–Crippen LogP) is 1.62. The molecule has 1 aromatic carbocycles. The zero-order valence-corrected chi connectivity index (χ0v) is 11.1. The number of carboxylic acid groups (broad SMARTS) is 1. The Labute approximate surface area is 112 Å². The first kappa shape index (κ1) is 15.0. The Hall–Kier alpha value is -1.10. The smallest absolute Gasteiger partial charge is 0.304 e. The van der Waals surface area contributed by atoms with Crippen molar-refractivity contribution >= 4 is 17.6 Å². The molecular weight excluding hydrogens is 254 g/mol. The Morgan fingerprint density at radius 2 is 2.22 bits per heavy atom. The van der Waals surface area contributed by atoms with Gasteiger partial charge in [-0.05, 0) is 30.5 Å². The van der Waals surface area contributed by atoms with Crippen LogP contribution in [0.5, 0.6) is 0 Å². The lowest BCUT2D eigenvalue weighted by Gasteiger charge is -2.16. The Kier molecular flexibility index (Phi) is 6.12. The third-order valence-corrected chi connectivity index (χ3v) is 3.09. The quantitative estimate of drug-likeness (QED) is 0.705. The van der Waals surface area contributed by atoms with Crippen molar-refractivity contribution in [3.05, 3.63) is 34.3 Å². The van der Waals surface area contributed by atoms with Gasteiger partial charge in [-0.3, -0.25) is 4.79 Å². The number of aliphatic hydroxyl groups excluding tert-OH is 1. The molecule has 0 aromatic heterocycles. The lowest BCUT2D eigenvalue weighted by atomic mass is 10.0. The number of rotatable bonds is 7. The largest absolute Gasteiger partial charge is 0.481 e. The van der Waals surface area contributed by atoms with Crippen molar-refractivity contribution in [3.8, 4) is 0 Å². The molecule has 1 rings (SSSR count). The number of carbonyl (C=O) groups is 1. The second-order valence-corrected chi connectivity index (χ2v) is 4.67. The average Bonchev–Trinajstić information content (AvgIpc) is 2.30. The molecule has 0 heterocycles. The molecule has 100 valence electrons. The zero-order valence-electron chi connectivity index (χ0n) is 10.3. The van der Waals surface area contributed by atoms with Crippen LogP contribution in [0.3, 0.4) is 0 Å². The fourth-order valence-corrected chi connectivity index (χ4v) is 1.93. The molecule has 1 aromatic rings. The van der Waals surface area contributed by atoms with Crippen molar-refractivity contribution in [1.82, 2.24) is 5.32 Å². The second kappa shape index (κ2) is 7.36. The molecule has 0 aliphatic rings. The van der Waals surface area contributed by atoms with Gasteiger partial charge in [0.15, 0.2) is 0 Å². The molecule has 0 spiro atoms. The number of halogens is 1. The Balaban J connectivity index is 2.68. The third-order valence-electron chi connectivity index (χ3n) is 2.67. The van der Waals surface area contributed by atoms with Crippen molar-refractivity contribution in [1.29, 1.82) is 0 Å². The van der Waals surface area contributed by atoms with Crippen molar-refractivity contribution in [3.63, 3.8) is 0 Å². The molecule has 1 unspecified atom stereocenters. The van der Waals surface area contributed by atoms with Crippen molar-refractivity contribution in [2.45, 2.75) is 25.8 Å². The molecule has 0 saturated carbocycles. The van der Waals surface area contributed by atoms with Gasteiger partial charge in [0.1, 0.15) is 0 Å². The van der Waals surface area contributed by atoms with Crippen molar-refractivity contribution in [2.75, 3.05) is 13.2 Å². The number of aliphatic hydroxyl groups is 1. The lowest BCUT2D eigenvalue weighted by Crippen LogP contribution is -2.35. The summed E-state index contributed by atoms with van der Waals surface area (Å²) in [7, 11) is 0. The van der Waals surface area contributed by atoms with E-state index in [0.717, 1.165) is 11.1 Å². The van der Waals surface area contributed by atoms with Gasteiger partial charge in [-0.15, -0.1) is 0 Å². The molecule has 18 heavy (non-hydrogen) atoms. The normalized spacial score (nSPS) is 12.4. The standard InChI is InChI=1S/C13H18ClNO3/c1-9-6-10(2-3-12(9)14)7-11(8-13(17)18)15-4-5-16/h2-3,6,11,15-16H,4-5,7-8H2,1H3,(H,17,18). The van der Waals surface area contributed by atoms with Gasteiger partial charge in [0.2, 0.25) is 0 Å². The topological polar surface area (TPSA) is 69.6 Å². The number of aliphatic carboxylic acids is 1. The molecule has 3 N–H and O–H groups in total. The minimum absolute atomic E-state index is 0.00420. The minimum Gasteiger partial charge on any atom is -0.481 e. The van der Waals surface area contributed by atoms with Crippen LogP contribution >= 0.6 is 11.6 Å². The molecule has 0 amide bonds. The van der Waals surface area contributed by atoms with Crippen LogP contribution in [0.15, 0.2) is 18.2 Å². The fourth-order valence-electron chi connectivity index (χ4n) is 1.81. The first-order chi connectivity index (χ1) is 8.52. The van der Waals surface area contributed by atoms with E-state index >= 15 is 0 Å². The van der Waals surface area contributed by atoms with Crippen LogP contribution in [-0.2, 0) is 11.2 Å².